The SMILES string of the molecule is O=[N+]1CCNC1=S. The molecular formula is C3H5N2OS+. The van der Waals surface area contributed by atoms with E-state index in [0.717, 1.165) is 4.76 Å². The zero-order valence-electron chi connectivity index (χ0n) is 3.68. The van der Waals surface area contributed by atoms with E-state index < -0.39 is 0 Å². The van der Waals surface area contributed by atoms with E-state index in [1.807, 2.05) is 0 Å². The van der Waals surface area contributed by atoms with Gasteiger partial charge in [-0.25, -0.2) is 0 Å². The van der Waals surface area contributed by atoms with E-state index in [2.05, 4.69) is 17.5 Å². The Bertz CT molecular complexity index is 108. The van der Waals surface area contributed by atoms with Gasteiger partial charge in [-0.1, -0.05) is 4.91 Å². The largest absolute Gasteiger partial charge is 0.382 e. The average molecular weight is 117 g/mol. The van der Waals surface area contributed by atoms with Crippen LogP contribution in [0.2, 0.25) is 0 Å². The molecule has 0 amide bonds. The quantitative estimate of drug-likeness (QED) is 0.348. The van der Waals surface area contributed by atoms with Crippen molar-refractivity contribution in [3.05, 3.63) is 4.91 Å². The van der Waals surface area contributed by atoms with Crippen molar-refractivity contribution in [1.29, 1.82) is 0 Å². The molecule has 0 aliphatic carbocycles. The van der Waals surface area contributed by atoms with Crippen molar-refractivity contribution >= 4 is 17.3 Å². The predicted molar refractivity (Wildman–Crippen MR) is 29.1 cm³/mol. The first-order chi connectivity index (χ1) is 3.30. The van der Waals surface area contributed by atoms with Crippen LogP contribution in [0.4, 0.5) is 0 Å². The third-order valence-corrected chi connectivity index (χ3v) is 1.17. The highest BCUT2D eigenvalue weighted by atomic mass is 32.1. The summed E-state index contributed by atoms with van der Waals surface area (Å²) in [5.74, 6) is 0. The summed E-state index contributed by atoms with van der Waals surface area (Å²) in [6, 6.07) is 0. The Morgan fingerprint density at radius 2 is 2.57 bits per heavy atom. The molecule has 0 atom stereocenters. The molecule has 38 valence electrons. The fourth-order valence-corrected chi connectivity index (χ4v) is 0.647. The fraction of sp³-hybridized carbons (Fsp3) is 0.667. The lowest BCUT2D eigenvalue weighted by Gasteiger charge is -1.73. The van der Waals surface area contributed by atoms with E-state index in [0.29, 0.717) is 18.2 Å². The number of hydrogen-bond acceptors (Lipinski definition) is 2. The van der Waals surface area contributed by atoms with Crippen LogP contribution >= 0.6 is 12.2 Å². The number of thiocarbonyl (C=S) groups is 1. The smallest absolute Gasteiger partial charge is 0.257 e. The monoisotopic (exact) mass is 117 g/mol. The van der Waals surface area contributed by atoms with Crippen LogP contribution in [0.25, 0.3) is 0 Å². The van der Waals surface area contributed by atoms with Crippen molar-refractivity contribution in [1.82, 2.24) is 5.32 Å². The van der Waals surface area contributed by atoms with Gasteiger partial charge in [-0.2, -0.15) is 0 Å². The van der Waals surface area contributed by atoms with Gasteiger partial charge in [0, 0.05) is 12.2 Å². The van der Waals surface area contributed by atoms with Crippen LogP contribution in [0, 0.1) is 4.91 Å². The zero-order valence-corrected chi connectivity index (χ0v) is 4.49. The van der Waals surface area contributed by atoms with Crippen LogP contribution in [-0.2, 0) is 0 Å². The van der Waals surface area contributed by atoms with Gasteiger partial charge in [0.25, 0.3) is 0 Å². The Labute approximate surface area is 46.3 Å². The van der Waals surface area contributed by atoms with Crippen molar-refractivity contribution in [3.8, 4) is 0 Å². The highest BCUT2D eigenvalue weighted by Crippen LogP contribution is 1.83. The average Bonchev–Trinajstić information content (AvgIpc) is 1.91. The Hall–Kier alpha value is -0.510. The third kappa shape index (κ3) is 0.742. The minimum absolute atomic E-state index is 0.319. The van der Waals surface area contributed by atoms with Gasteiger partial charge in [-0.15, -0.1) is 0 Å². The molecule has 7 heavy (non-hydrogen) atoms. The molecule has 1 saturated heterocycles. The van der Waals surface area contributed by atoms with Crippen LogP contribution < -0.4 is 5.32 Å². The van der Waals surface area contributed by atoms with Gasteiger partial charge in [0.2, 0.25) is 0 Å². The van der Waals surface area contributed by atoms with Crippen LogP contribution in [-0.4, -0.2) is 23.0 Å². The number of rotatable bonds is 0. The van der Waals surface area contributed by atoms with E-state index in [-0.39, 0.29) is 0 Å². The van der Waals surface area contributed by atoms with Gasteiger partial charge in [0.05, 0.1) is 0 Å². The normalized spacial score (nSPS) is 20.0. The molecule has 0 spiro atoms. The molecule has 0 aromatic heterocycles. The Morgan fingerprint density at radius 1 is 1.86 bits per heavy atom. The predicted octanol–water partition coefficient (Wildman–Crippen LogP) is -0.347. The summed E-state index contributed by atoms with van der Waals surface area (Å²) >= 11 is 4.54. The lowest BCUT2D eigenvalue weighted by Crippen LogP contribution is -2.16. The highest BCUT2D eigenvalue weighted by Gasteiger charge is 2.21. The maximum Gasteiger partial charge on any atom is 0.382 e. The van der Waals surface area contributed by atoms with Crippen LogP contribution in [0.1, 0.15) is 0 Å². The second kappa shape index (κ2) is 1.54. The molecule has 0 radical (unpaired) electrons. The Kier molecular flexibility index (Phi) is 1.02. The minimum Gasteiger partial charge on any atom is -0.257 e. The number of nitrogens with one attached hydrogen (secondary N) is 1. The summed E-state index contributed by atoms with van der Waals surface area (Å²) in [5.41, 5.74) is 0. The third-order valence-electron chi connectivity index (χ3n) is 0.818. The molecule has 0 bridgehead atoms. The molecule has 1 aliphatic heterocycles. The first-order valence-corrected chi connectivity index (χ1v) is 2.44. The van der Waals surface area contributed by atoms with Crippen molar-refractivity contribution in [2.24, 2.45) is 0 Å². The molecule has 1 rings (SSSR count). The van der Waals surface area contributed by atoms with Gasteiger partial charge in [-0.3, -0.25) is 5.32 Å². The summed E-state index contributed by atoms with van der Waals surface area (Å²) < 4.78 is 0.773. The van der Waals surface area contributed by atoms with Gasteiger partial charge in [0.15, 0.2) is 6.54 Å². The molecule has 1 heterocycles. The number of nitroso groups, excluding NO2 is 1. The lowest BCUT2D eigenvalue weighted by molar-refractivity contribution is -0.412. The lowest BCUT2D eigenvalue weighted by atomic mass is 10.7. The summed E-state index contributed by atoms with van der Waals surface area (Å²) in [6.07, 6.45) is 0. The van der Waals surface area contributed by atoms with Crippen LogP contribution in [0.5, 0.6) is 0 Å². The fourth-order valence-electron chi connectivity index (χ4n) is 0.454. The first kappa shape index (κ1) is 4.64. The van der Waals surface area contributed by atoms with Crippen molar-refractivity contribution < 1.29 is 4.76 Å². The zero-order chi connectivity index (χ0) is 5.28. The van der Waals surface area contributed by atoms with Crippen molar-refractivity contribution in [2.75, 3.05) is 13.1 Å². The topological polar surface area (TPSA) is 32.1 Å². The van der Waals surface area contributed by atoms with E-state index in [1.165, 1.54) is 0 Å². The van der Waals surface area contributed by atoms with Gasteiger partial charge in [0.1, 0.15) is 6.54 Å². The molecule has 3 nitrogen and oxygen atoms in total. The van der Waals surface area contributed by atoms with E-state index in [4.69, 9.17) is 0 Å². The Morgan fingerprint density at radius 3 is 2.71 bits per heavy atom. The minimum atomic E-state index is 0.319. The number of nitrogens with zero attached hydrogens (tertiary/aromatic N) is 1. The van der Waals surface area contributed by atoms with E-state index in [9.17, 15) is 4.91 Å². The molecule has 1 N–H and O–H groups in total. The van der Waals surface area contributed by atoms with Gasteiger partial charge in [-0.05, 0) is 4.76 Å². The summed E-state index contributed by atoms with van der Waals surface area (Å²) in [7, 11) is 0. The summed E-state index contributed by atoms with van der Waals surface area (Å²) in [6.45, 7) is 1.20. The molecule has 4 heteroatoms. The number of hydrogen-bond donors (Lipinski definition) is 1. The second-order valence-corrected chi connectivity index (χ2v) is 1.72. The van der Waals surface area contributed by atoms with Crippen molar-refractivity contribution in [2.45, 2.75) is 0 Å². The van der Waals surface area contributed by atoms with E-state index in [1.54, 1.807) is 0 Å². The molecular weight excluding hydrogens is 112 g/mol. The van der Waals surface area contributed by atoms with Gasteiger partial charge < -0.3 is 0 Å². The molecule has 0 unspecified atom stereocenters. The summed E-state index contributed by atoms with van der Waals surface area (Å²) in [5, 5.41) is 3.03. The maximum atomic E-state index is 10.3. The van der Waals surface area contributed by atoms with Gasteiger partial charge >= 0.3 is 5.11 Å². The van der Waals surface area contributed by atoms with Crippen LogP contribution in [0.3, 0.4) is 0 Å². The highest BCUT2D eigenvalue weighted by molar-refractivity contribution is 7.79. The molecule has 1 aliphatic rings. The summed E-state index contributed by atoms with van der Waals surface area (Å²) in [4.78, 5) is 10.3. The Balaban J connectivity index is 2.65. The van der Waals surface area contributed by atoms with Crippen LogP contribution in [0.15, 0.2) is 0 Å². The molecule has 0 saturated carbocycles. The second-order valence-electron chi connectivity index (χ2n) is 1.33. The maximum absolute atomic E-state index is 10.3. The molecule has 1 fully saturated rings. The first-order valence-electron chi connectivity index (χ1n) is 2.03. The molecule has 0 aromatic carbocycles. The molecule has 0 aromatic rings. The van der Waals surface area contributed by atoms with E-state index >= 15 is 0 Å². The van der Waals surface area contributed by atoms with Crippen molar-refractivity contribution in [3.63, 3.8) is 0 Å². The standard InChI is InChI=1S/C3H4N2OS/c6-5-2-1-4-3(5)7/h1-2H2/p+1.